The van der Waals surface area contributed by atoms with Gasteiger partial charge in [-0.2, -0.15) is 0 Å². The molecule has 0 aromatic heterocycles. The van der Waals surface area contributed by atoms with Crippen LogP contribution < -0.4 is 9.64 Å². The SMILES string of the molecule is CN(C)c1cccc(C(=O)N2CCC3(CCCCc4ccccc4OCCN(Cc4ccccc4F)C3)CC2)c1. The number of anilines is 1. The van der Waals surface area contributed by atoms with Gasteiger partial charge < -0.3 is 14.5 Å². The van der Waals surface area contributed by atoms with E-state index in [1.165, 1.54) is 5.56 Å². The van der Waals surface area contributed by atoms with Gasteiger partial charge in [0.15, 0.2) is 0 Å². The zero-order chi connectivity index (χ0) is 28.0. The fourth-order valence-corrected chi connectivity index (χ4v) is 6.28. The zero-order valence-corrected chi connectivity index (χ0v) is 23.9. The molecule has 0 N–H and O–H groups in total. The van der Waals surface area contributed by atoms with Crippen molar-refractivity contribution in [3.63, 3.8) is 0 Å². The van der Waals surface area contributed by atoms with Crippen molar-refractivity contribution in [2.24, 2.45) is 5.41 Å². The number of rotatable bonds is 4. The molecule has 40 heavy (non-hydrogen) atoms. The normalized spacial score (nSPS) is 18.2. The van der Waals surface area contributed by atoms with Crippen molar-refractivity contribution < 1.29 is 13.9 Å². The lowest BCUT2D eigenvalue weighted by Gasteiger charge is -2.45. The van der Waals surface area contributed by atoms with Gasteiger partial charge in [0.25, 0.3) is 5.91 Å². The summed E-state index contributed by atoms with van der Waals surface area (Å²) in [7, 11) is 3.99. The van der Waals surface area contributed by atoms with Crippen LogP contribution in [0.25, 0.3) is 0 Å². The number of likely N-dealkylation sites (tertiary alicyclic amines) is 1. The summed E-state index contributed by atoms with van der Waals surface area (Å²) in [4.78, 5) is 19.9. The van der Waals surface area contributed by atoms with Gasteiger partial charge in [-0.1, -0.05) is 48.9 Å². The number of nitrogens with zero attached hydrogens (tertiary/aromatic N) is 3. The first kappa shape index (κ1) is 28.2. The Morgan fingerprint density at radius 3 is 2.50 bits per heavy atom. The summed E-state index contributed by atoms with van der Waals surface area (Å²) in [5, 5.41) is 0. The number of benzene rings is 3. The van der Waals surface area contributed by atoms with Crippen LogP contribution in [0.2, 0.25) is 0 Å². The molecule has 2 aliphatic heterocycles. The van der Waals surface area contributed by atoms with Gasteiger partial charge in [0.2, 0.25) is 0 Å². The van der Waals surface area contributed by atoms with Gasteiger partial charge in [-0.15, -0.1) is 0 Å². The number of ether oxygens (including phenoxy) is 1. The Bertz CT molecular complexity index is 1290. The molecule has 1 saturated heterocycles. The second-order valence-electron chi connectivity index (χ2n) is 11.7. The number of aryl methyl sites for hydroxylation is 1. The molecule has 0 bridgehead atoms. The molecule has 1 amide bonds. The molecular formula is C34H42FN3O2. The molecule has 1 spiro atoms. The Morgan fingerprint density at radius 2 is 1.70 bits per heavy atom. The molecule has 0 atom stereocenters. The van der Waals surface area contributed by atoms with Gasteiger partial charge in [-0.3, -0.25) is 9.69 Å². The number of hydrogen-bond donors (Lipinski definition) is 0. The molecule has 3 aromatic rings. The first-order valence-electron chi connectivity index (χ1n) is 14.7. The maximum absolute atomic E-state index is 14.7. The highest BCUT2D eigenvalue weighted by molar-refractivity contribution is 5.95. The number of para-hydroxylation sites is 1. The quantitative estimate of drug-likeness (QED) is 0.380. The lowest BCUT2D eigenvalue weighted by atomic mass is 9.73. The predicted octanol–water partition coefficient (Wildman–Crippen LogP) is 6.42. The van der Waals surface area contributed by atoms with E-state index >= 15 is 0 Å². The Kier molecular flexibility index (Phi) is 9.05. The maximum Gasteiger partial charge on any atom is 0.253 e. The molecule has 0 aliphatic carbocycles. The monoisotopic (exact) mass is 543 g/mol. The topological polar surface area (TPSA) is 36.0 Å². The van der Waals surface area contributed by atoms with Crippen molar-refractivity contribution in [1.82, 2.24) is 9.80 Å². The van der Waals surface area contributed by atoms with E-state index in [-0.39, 0.29) is 17.1 Å². The number of fused-ring (bicyclic) bond motifs is 1. The van der Waals surface area contributed by atoms with E-state index in [0.717, 1.165) is 87.3 Å². The van der Waals surface area contributed by atoms with E-state index in [4.69, 9.17) is 4.74 Å². The maximum atomic E-state index is 14.7. The highest BCUT2D eigenvalue weighted by atomic mass is 19.1. The fourth-order valence-electron chi connectivity index (χ4n) is 6.28. The fraction of sp³-hybridized carbons (Fsp3) is 0.441. The van der Waals surface area contributed by atoms with Gasteiger partial charge in [0.05, 0.1) is 0 Å². The zero-order valence-electron chi connectivity index (χ0n) is 23.9. The Balaban J connectivity index is 1.33. The Morgan fingerprint density at radius 1 is 0.925 bits per heavy atom. The standard InChI is InChI=1S/C34H42FN3O2/c1-36(2)30-14-9-13-28(24-30)33(39)38-20-18-34(19-21-38)17-8-7-11-27-10-4-6-16-32(27)40-23-22-37(26-34)25-29-12-3-5-15-31(29)35/h3-6,9-10,12-16,24H,7-8,11,17-23,25-26H2,1-2H3. The summed E-state index contributed by atoms with van der Waals surface area (Å²) in [5.41, 5.74) is 3.85. The lowest BCUT2D eigenvalue weighted by Crippen LogP contribution is -2.48. The molecule has 2 heterocycles. The third-order valence-corrected chi connectivity index (χ3v) is 8.67. The minimum absolute atomic E-state index is 0.0895. The van der Waals surface area contributed by atoms with Gasteiger partial charge in [-0.05, 0) is 73.4 Å². The molecule has 1 fully saturated rings. The summed E-state index contributed by atoms with van der Waals surface area (Å²) in [6.07, 6.45) is 6.27. The number of halogens is 1. The molecule has 5 rings (SSSR count). The smallest absolute Gasteiger partial charge is 0.253 e. The highest BCUT2D eigenvalue weighted by Gasteiger charge is 2.37. The van der Waals surface area contributed by atoms with Gasteiger partial charge >= 0.3 is 0 Å². The molecule has 5 nitrogen and oxygen atoms in total. The van der Waals surface area contributed by atoms with Crippen molar-refractivity contribution in [3.8, 4) is 5.75 Å². The average molecular weight is 544 g/mol. The number of carbonyl (C=O) groups excluding carboxylic acids is 1. The molecule has 212 valence electrons. The first-order chi connectivity index (χ1) is 19.4. The summed E-state index contributed by atoms with van der Waals surface area (Å²) in [6, 6.07) is 23.3. The van der Waals surface area contributed by atoms with Crippen LogP contribution in [-0.4, -0.2) is 62.6 Å². The number of amides is 1. The van der Waals surface area contributed by atoms with Crippen LogP contribution in [0.3, 0.4) is 0 Å². The van der Waals surface area contributed by atoms with E-state index in [1.54, 1.807) is 12.1 Å². The molecule has 0 radical (unpaired) electrons. The average Bonchev–Trinajstić information content (AvgIpc) is 2.96. The number of carbonyl (C=O) groups is 1. The van der Waals surface area contributed by atoms with Crippen molar-refractivity contribution in [2.45, 2.75) is 45.1 Å². The Labute approximate surface area is 238 Å². The van der Waals surface area contributed by atoms with E-state index in [1.807, 2.05) is 66.4 Å². The summed E-state index contributed by atoms with van der Waals surface area (Å²) >= 11 is 0. The van der Waals surface area contributed by atoms with Crippen molar-refractivity contribution >= 4 is 11.6 Å². The van der Waals surface area contributed by atoms with Crippen LogP contribution in [0.15, 0.2) is 72.8 Å². The summed E-state index contributed by atoms with van der Waals surface area (Å²) < 4.78 is 21.0. The van der Waals surface area contributed by atoms with Crippen molar-refractivity contribution in [2.75, 3.05) is 51.8 Å². The van der Waals surface area contributed by atoms with Crippen LogP contribution in [0.1, 0.15) is 53.6 Å². The van der Waals surface area contributed by atoms with E-state index in [9.17, 15) is 9.18 Å². The van der Waals surface area contributed by atoms with Crippen LogP contribution in [0, 0.1) is 11.2 Å². The second-order valence-corrected chi connectivity index (χ2v) is 11.7. The predicted molar refractivity (Wildman–Crippen MR) is 160 cm³/mol. The third-order valence-electron chi connectivity index (χ3n) is 8.67. The van der Waals surface area contributed by atoms with E-state index in [0.29, 0.717) is 13.2 Å². The summed E-state index contributed by atoms with van der Waals surface area (Å²) in [5.74, 6) is 0.919. The molecule has 6 heteroatoms. The molecular weight excluding hydrogens is 501 g/mol. The molecule has 3 aromatic carbocycles. The second kappa shape index (κ2) is 12.9. The van der Waals surface area contributed by atoms with Gasteiger partial charge in [-0.25, -0.2) is 4.39 Å². The Hall–Kier alpha value is -3.38. The van der Waals surface area contributed by atoms with Gasteiger partial charge in [0, 0.05) is 63.6 Å². The minimum atomic E-state index is -0.158. The van der Waals surface area contributed by atoms with Crippen molar-refractivity contribution in [3.05, 3.63) is 95.3 Å². The largest absolute Gasteiger partial charge is 0.492 e. The minimum Gasteiger partial charge on any atom is -0.492 e. The number of hydrogen-bond acceptors (Lipinski definition) is 4. The first-order valence-corrected chi connectivity index (χ1v) is 14.7. The lowest BCUT2D eigenvalue weighted by molar-refractivity contribution is 0.0359. The highest BCUT2D eigenvalue weighted by Crippen LogP contribution is 2.39. The summed E-state index contributed by atoms with van der Waals surface area (Å²) in [6.45, 7) is 4.22. The molecule has 0 saturated carbocycles. The van der Waals surface area contributed by atoms with E-state index < -0.39 is 0 Å². The van der Waals surface area contributed by atoms with Crippen LogP contribution in [-0.2, 0) is 13.0 Å². The van der Waals surface area contributed by atoms with Crippen molar-refractivity contribution in [1.29, 1.82) is 0 Å². The van der Waals surface area contributed by atoms with Crippen LogP contribution >= 0.6 is 0 Å². The third kappa shape index (κ3) is 6.84. The van der Waals surface area contributed by atoms with Crippen LogP contribution in [0.4, 0.5) is 10.1 Å². The van der Waals surface area contributed by atoms with Gasteiger partial charge in [0.1, 0.15) is 18.2 Å². The molecule has 0 unspecified atom stereocenters. The molecule has 2 aliphatic rings. The van der Waals surface area contributed by atoms with E-state index in [2.05, 4.69) is 23.1 Å². The van der Waals surface area contributed by atoms with Crippen LogP contribution in [0.5, 0.6) is 5.75 Å². The number of piperidine rings is 1.